The largest absolute Gasteiger partial charge is 0.444 e. The van der Waals surface area contributed by atoms with Gasteiger partial charge >= 0.3 is 6.09 Å². The fraction of sp³-hybridized carbons (Fsp3) is 0.500. The molecule has 0 aliphatic carbocycles. The van der Waals surface area contributed by atoms with Gasteiger partial charge in [-0.3, -0.25) is 9.48 Å². The number of amides is 2. The van der Waals surface area contributed by atoms with E-state index in [1.807, 2.05) is 0 Å². The van der Waals surface area contributed by atoms with Crippen molar-refractivity contribution in [1.29, 1.82) is 0 Å². The average Bonchev–Trinajstić information content (AvgIpc) is 3.06. The molecule has 2 rings (SSSR count). The van der Waals surface area contributed by atoms with Crippen molar-refractivity contribution in [1.82, 2.24) is 24.7 Å². The molecule has 0 bridgehead atoms. The zero-order valence-electron chi connectivity index (χ0n) is 23.8. The minimum absolute atomic E-state index is 0.0182. The van der Waals surface area contributed by atoms with E-state index in [-0.39, 0.29) is 22.2 Å². The van der Waals surface area contributed by atoms with Crippen LogP contribution in [0.2, 0.25) is 5.02 Å². The van der Waals surface area contributed by atoms with Crippen LogP contribution in [0.25, 0.3) is 11.1 Å². The van der Waals surface area contributed by atoms with Crippen molar-refractivity contribution in [3.63, 3.8) is 0 Å². The molecule has 0 aliphatic rings. The van der Waals surface area contributed by atoms with Crippen LogP contribution < -0.4 is 10.6 Å². The molecule has 0 radical (unpaired) electrons. The molecule has 2 N–H and O–H groups in total. The Morgan fingerprint density at radius 2 is 1.79 bits per heavy atom. The number of ether oxygens (including phenoxy) is 1. The van der Waals surface area contributed by atoms with Crippen LogP contribution in [-0.2, 0) is 21.3 Å². The van der Waals surface area contributed by atoms with E-state index >= 15 is 0 Å². The molecule has 13 heteroatoms. The number of halogens is 2. The molecule has 0 saturated carbocycles. The summed E-state index contributed by atoms with van der Waals surface area (Å²) in [4.78, 5) is 25.1. The standard InChI is InChI=1S/C26H37ClFN5O5S/c1-16-21(17-10-11-19(27)20(14-17)39(36,37)32(8)9)22(23(34)30-25(2,3)4)33(31-16)15-18(28)12-13-29-24(35)38-26(5,6)7/h10-12,14H,13,15H2,1-9H3,(H,29,35)(H,30,34)/b18-12-. The third-order valence-corrected chi connectivity index (χ3v) is 7.38. The van der Waals surface area contributed by atoms with E-state index in [4.69, 9.17) is 16.3 Å². The molecule has 0 atom stereocenters. The maximum atomic E-state index is 14.9. The number of carbonyl (C=O) groups excluding carboxylic acids is 2. The SMILES string of the molecule is Cc1nn(C/C(F)=C/CNC(=O)OC(C)(C)C)c(C(=O)NC(C)(C)C)c1-c1ccc(Cl)c(S(=O)(=O)N(C)C)c1. The number of carbonyl (C=O) groups is 2. The first kappa shape index (κ1) is 32.3. The zero-order chi connectivity index (χ0) is 29.9. The lowest BCUT2D eigenvalue weighted by Crippen LogP contribution is -2.41. The lowest BCUT2D eigenvalue weighted by atomic mass is 10.0. The molecule has 0 spiro atoms. The zero-order valence-corrected chi connectivity index (χ0v) is 25.3. The van der Waals surface area contributed by atoms with E-state index in [9.17, 15) is 22.4 Å². The number of aromatic nitrogens is 2. The Morgan fingerprint density at radius 1 is 1.18 bits per heavy atom. The molecular formula is C26H37ClFN5O5S. The van der Waals surface area contributed by atoms with Gasteiger partial charge in [0.15, 0.2) is 0 Å². The van der Waals surface area contributed by atoms with Crippen LogP contribution in [0.15, 0.2) is 35.0 Å². The van der Waals surface area contributed by atoms with Crippen molar-refractivity contribution >= 4 is 33.6 Å². The summed E-state index contributed by atoms with van der Waals surface area (Å²) < 4.78 is 48.0. The number of benzene rings is 1. The third kappa shape index (κ3) is 8.77. The molecule has 216 valence electrons. The van der Waals surface area contributed by atoms with Gasteiger partial charge in [0.05, 0.1) is 17.3 Å². The Balaban J connectivity index is 2.54. The van der Waals surface area contributed by atoms with E-state index < -0.39 is 45.5 Å². The lowest BCUT2D eigenvalue weighted by Gasteiger charge is -2.21. The van der Waals surface area contributed by atoms with E-state index in [1.54, 1.807) is 54.5 Å². The van der Waals surface area contributed by atoms with Crippen LogP contribution in [0.3, 0.4) is 0 Å². The normalized spacial score (nSPS) is 13.0. The number of sulfonamides is 1. The number of nitrogens with one attached hydrogen (secondary N) is 2. The highest BCUT2D eigenvalue weighted by molar-refractivity contribution is 7.89. The minimum atomic E-state index is -3.89. The Morgan fingerprint density at radius 3 is 2.33 bits per heavy atom. The highest BCUT2D eigenvalue weighted by Crippen LogP contribution is 2.34. The third-order valence-electron chi connectivity index (χ3n) is 5.08. The van der Waals surface area contributed by atoms with Crippen LogP contribution in [0.1, 0.15) is 57.7 Å². The van der Waals surface area contributed by atoms with Gasteiger partial charge in [0, 0.05) is 31.7 Å². The molecule has 1 heterocycles. The van der Waals surface area contributed by atoms with Crippen LogP contribution in [0.4, 0.5) is 9.18 Å². The van der Waals surface area contributed by atoms with Gasteiger partial charge < -0.3 is 15.4 Å². The molecule has 2 amide bonds. The van der Waals surface area contributed by atoms with Gasteiger partial charge in [-0.15, -0.1) is 0 Å². The van der Waals surface area contributed by atoms with E-state index in [0.717, 1.165) is 10.4 Å². The molecule has 39 heavy (non-hydrogen) atoms. The van der Waals surface area contributed by atoms with Gasteiger partial charge in [-0.1, -0.05) is 17.7 Å². The highest BCUT2D eigenvalue weighted by Gasteiger charge is 2.28. The number of rotatable bonds is 8. The van der Waals surface area contributed by atoms with Crippen molar-refractivity contribution in [2.24, 2.45) is 0 Å². The predicted octanol–water partition coefficient (Wildman–Crippen LogP) is 4.67. The number of allylic oxidation sites excluding steroid dienone is 1. The maximum absolute atomic E-state index is 14.9. The molecule has 0 fully saturated rings. The van der Waals surface area contributed by atoms with Crippen molar-refractivity contribution in [3.05, 3.63) is 46.5 Å². The Bertz CT molecular complexity index is 1370. The first-order chi connectivity index (χ1) is 17.7. The molecule has 1 aromatic heterocycles. The molecular weight excluding hydrogens is 549 g/mol. The lowest BCUT2D eigenvalue weighted by molar-refractivity contribution is 0.0533. The summed E-state index contributed by atoms with van der Waals surface area (Å²) in [6, 6.07) is 4.38. The monoisotopic (exact) mass is 585 g/mol. The summed E-state index contributed by atoms with van der Waals surface area (Å²) >= 11 is 6.22. The fourth-order valence-electron chi connectivity index (χ4n) is 3.49. The Kier molecular flexibility index (Phi) is 9.97. The van der Waals surface area contributed by atoms with E-state index in [0.29, 0.717) is 16.8 Å². The van der Waals surface area contributed by atoms with Gasteiger partial charge in [0.2, 0.25) is 10.0 Å². The number of aryl methyl sites for hydroxylation is 1. The smallest absolute Gasteiger partial charge is 0.407 e. The molecule has 0 aliphatic heterocycles. The molecule has 1 aromatic carbocycles. The number of hydrogen-bond acceptors (Lipinski definition) is 6. The number of alkyl carbamates (subject to hydrolysis) is 1. The summed E-state index contributed by atoms with van der Waals surface area (Å²) in [5, 5.41) is 9.71. The quantitative estimate of drug-likeness (QED) is 0.464. The van der Waals surface area contributed by atoms with Crippen molar-refractivity contribution in [3.8, 4) is 11.1 Å². The van der Waals surface area contributed by atoms with Gasteiger partial charge in [0.25, 0.3) is 5.91 Å². The summed E-state index contributed by atoms with van der Waals surface area (Å²) in [6.45, 7) is 11.6. The Labute approximate surface area is 234 Å². The topological polar surface area (TPSA) is 123 Å². The van der Waals surface area contributed by atoms with Gasteiger partial charge in [-0.05, 0) is 72.2 Å². The second-order valence-corrected chi connectivity index (χ2v) is 13.7. The average molecular weight is 586 g/mol. The first-order valence-electron chi connectivity index (χ1n) is 12.2. The van der Waals surface area contributed by atoms with Crippen molar-refractivity contribution in [2.75, 3.05) is 20.6 Å². The maximum Gasteiger partial charge on any atom is 0.407 e. The molecule has 2 aromatic rings. The summed E-state index contributed by atoms with van der Waals surface area (Å²) in [5.41, 5.74) is -0.187. The van der Waals surface area contributed by atoms with Gasteiger partial charge in [0.1, 0.15) is 22.0 Å². The molecule has 0 unspecified atom stereocenters. The van der Waals surface area contributed by atoms with Crippen LogP contribution in [0.5, 0.6) is 0 Å². The Hall–Kier alpha value is -2.96. The van der Waals surface area contributed by atoms with Crippen LogP contribution in [-0.4, -0.2) is 66.3 Å². The first-order valence-corrected chi connectivity index (χ1v) is 14.0. The van der Waals surface area contributed by atoms with Gasteiger partial charge in [-0.25, -0.2) is 21.9 Å². The predicted molar refractivity (Wildman–Crippen MR) is 149 cm³/mol. The summed E-state index contributed by atoms with van der Waals surface area (Å²) in [7, 11) is -1.12. The van der Waals surface area contributed by atoms with Crippen LogP contribution in [0, 0.1) is 6.92 Å². The van der Waals surface area contributed by atoms with Crippen molar-refractivity contribution in [2.45, 2.75) is 71.0 Å². The minimum Gasteiger partial charge on any atom is -0.444 e. The van der Waals surface area contributed by atoms with Crippen LogP contribution >= 0.6 is 11.6 Å². The highest BCUT2D eigenvalue weighted by atomic mass is 35.5. The van der Waals surface area contributed by atoms with Crippen molar-refractivity contribution < 1.29 is 27.1 Å². The van der Waals surface area contributed by atoms with E-state index in [2.05, 4.69) is 15.7 Å². The number of nitrogens with zero attached hydrogens (tertiary/aromatic N) is 3. The number of hydrogen-bond donors (Lipinski definition) is 2. The fourth-order valence-corrected chi connectivity index (χ4v) is 4.89. The molecule has 0 saturated heterocycles. The van der Waals surface area contributed by atoms with Gasteiger partial charge in [-0.2, -0.15) is 5.10 Å². The molecule has 10 nitrogen and oxygen atoms in total. The second-order valence-electron chi connectivity index (χ2n) is 11.1. The van der Waals surface area contributed by atoms with E-state index in [1.165, 1.54) is 30.9 Å². The second kappa shape index (κ2) is 12.1. The summed E-state index contributed by atoms with van der Waals surface area (Å²) in [6.07, 6.45) is 0.455. The summed E-state index contributed by atoms with van der Waals surface area (Å²) in [5.74, 6) is -1.18.